The largest absolute Gasteiger partial charge is 0.0613 e. The zero-order valence-corrected chi connectivity index (χ0v) is 9.48. The van der Waals surface area contributed by atoms with Crippen LogP contribution in [0.5, 0.6) is 0 Å². The first-order valence-corrected chi connectivity index (χ1v) is 5.22. The maximum absolute atomic E-state index is 3.49. The highest BCUT2D eigenvalue weighted by Gasteiger charge is 2.04. The summed E-state index contributed by atoms with van der Waals surface area (Å²) in [5.41, 5.74) is 2.93. The van der Waals surface area contributed by atoms with E-state index in [9.17, 15) is 0 Å². The van der Waals surface area contributed by atoms with Crippen molar-refractivity contribution < 1.29 is 0 Å². The maximum Gasteiger partial charge on any atom is 0.0178 e. The monoisotopic (exact) mass is 226 g/mol. The maximum atomic E-state index is 3.49. The summed E-state index contributed by atoms with van der Waals surface area (Å²) >= 11 is 3.49. The van der Waals surface area contributed by atoms with Crippen molar-refractivity contribution in [3.05, 3.63) is 33.8 Å². The highest BCUT2D eigenvalue weighted by molar-refractivity contribution is 9.10. The van der Waals surface area contributed by atoms with Gasteiger partial charge in [0.05, 0.1) is 0 Å². The smallest absolute Gasteiger partial charge is 0.0178 e. The van der Waals surface area contributed by atoms with Gasteiger partial charge in [-0.3, -0.25) is 0 Å². The second kappa shape index (κ2) is 4.08. The molecule has 1 aromatic rings. The molecule has 0 unspecified atom stereocenters. The highest BCUT2D eigenvalue weighted by Crippen LogP contribution is 2.23. The molecule has 0 saturated carbocycles. The quantitative estimate of drug-likeness (QED) is 0.712. The molecule has 0 N–H and O–H groups in total. The van der Waals surface area contributed by atoms with Gasteiger partial charge in [-0.25, -0.2) is 0 Å². The van der Waals surface area contributed by atoms with E-state index < -0.39 is 0 Å². The van der Waals surface area contributed by atoms with Gasteiger partial charge < -0.3 is 0 Å². The summed E-state index contributed by atoms with van der Waals surface area (Å²) in [7, 11) is 0. The molecule has 0 heterocycles. The Kier molecular flexibility index (Phi) is 3.33. The predicted octanol–water partition coefficient (Wildman–Crippen LogP) is 4.13. The van der Waals surface area contributed by atoms with Gasteiger partial charge in [-0.05, 0) is 35.6 Å². The number of benzene rings is 1. The van der Waals surface area contributed by atoms with Gasteiger partial charge in [-0.1, -0.05) is 42.8 Å². The molecule has 0 aliphatic carbocycles. The summed E-state index contributed by atoms with van der Waals surface area (Å²) < 4.78 is 1.18. The Labute approximate surface area is 83.1 Å². The van der Waals surface area contributed by atoms with Gasteiger partial charge in [-0.15, -0.1) is 0 Å². The van der Waals surface area contributed by atoms with Crippen molar-refractivity contribution in [1.29, 1.82) is 0 Å². The Bertz CT molecular complexity index is 264. The van der Waals surface area contributed by atoms with Gasteiger partial charge in [0.15, 0.2) is 0 Å². The van der Waals surface area contributed by atoms with E-state index in [2.05, 4.69) is 54.9 Å². The summed E-state index contributed by atoms with van der Waals surface area (Å²) in [5.74, 6) is 0.632. The molecule has 66 valence electrons. The molecule has 12 heavy (non-hydrogen) atoms. The molecular weight excluding hydrogens is 212 g/mol. The fourth-order valence-electron chi connectivity index (χ4n) is 1.44. The SMILES string of the molecule is CCc1cc(Br)ccc1C(C)C. The van der Waals surface area contributed by atoms with Crippen LogP contribution < -0.4 is 0 Å². The van der Waals surface area contributed by atoms with Gasteiger partial charge in [0.25, 0.3) is 0 Å². The van der Waals surface area contributed by atoms with Gasteiger partial charge >= 0.3 is 0 Å². The van der Waals surface area contributed by atoms with Crippen LogP contribution in [0.25, 0.3) is 0 Å². The van der Waals surface area contributed by atoms with Crippen LogP contribution in [0.3, 0.4) is 0 Å². The second-order valence-electron chi connectivity index (χ2n) is 3.35. The summed E-state index contributed by atoms with van der Waals surface area (Å²) in [6.07, 6.45) is 1.12. The number of rotatable bonds is 2. The lowest BCUT2D eigenvalue weighted by Crippen LogP contribution is -1.94. The van der Waals surface area contributed by atoms with E-state index in [4.69, 9.17) is 0 Å². The number of hydrogen-bond acceptors (Lipinski definition) is 0. The zero-order chi connectivity index (χ0) is 9.14. The van der Waals surface area contributed by atoms with Crippen molar-refractivity contribution in [2.75, 3.05) is 0 Å². The molecule has 0 fully saturated rings. The predicted molar refractivity (Wildman–Crippen MR) is 57.6 cm³/mol. The van der Waals surface area contributed by atoms with Crippen molar-refractivity contribution in [3.63, 3.8) is 0 Å². The normalized spacial score (nSPS) is 10.8. The van der Waals surface area contributed by atoms with E-state index in [1.165, 1.54) is 15.6 Å². The Balaban J connectivity index is 3.11. The summed E-state index contributed by atoms with van der Waals surface area (Å²) in [6.45, 7) is 6.68. The Morgan fingerprint density at radius 1 is 1.33 bits per heavy atom. The summed E-state index contributed by atoms with van der Waals surface area (Å²) in [4.78, 5) is 0. The molecule has 1 rings (SSSR count). The van der Waals surface area contributed by atoms with Crippen LogP contribution in [0, 0.1) is 0 Å². The number of aryl methyl sites for hydroxylation is 1. The standard InChI is InChI=1S/C11H15Br/c1-4-9-7-10(12)5-6-11(9)8(2)3/h5-8H,4H2,1-3H3. The molecule has 0 amide bonds. The molecule has 0 nitrogen and oxygen atoms in total. The van der Waals surface area contributed by atoms with Crippen molar-refractivity contribution in [1.82, 2.24) is 0 Å². The van der Waals surface area contributed by atoms with Crippen LogP contribution in [0.15, 0.2) is 22.7 Å². The van der Waals surface area contributed by atoms with Crippen LogP contribution >= 0.6 is 15.9 Å². The lowest BCUT2D eigenvalue weighted by molar-refractivity contribution is 0.843. The van der Waals surface area contributed by atoms with Crippen molar-refractivity contribution in [2.45, 2.75) is 33.1 Å². The molecule has 0 aliphatic heterocycles. The molecule has 0 aromatic heterocycles. The molecule has 0 bridgehead atoms. The van der Waals surface area contributed by atoms with Crippen molar-refractivity contribution in [2.24, 2.45) is 0 Å². The fraction of sp³-hybridized carbons (Fsp3) is 0.455. The van der Waals surface area contributed by atoms with Crippen molar-refractivity contribution >= 4 is 15.9 Å². The Morgan fingerprint density at radius 2 is 2.00 bits per heavy atom. The summed E-state index contributed by atoms with van der Waals surface area (Å²) in [5, 5.41) is 0. The molecule has 0 aliphatic rings. The average molecular weight is 227 g/mol. The van der Waals surface area contributed by atoms with E-state index >= 15 is 0 Å². The Morgan fingerprint density at radius 3 is 2.50 bits per heavy atom. The zero-order valence-electron chi connectivity index (χ0n) is 7.89. The third-order valence-electron chi connectivity index (χ3n) is 2.11. The first kappa shape index (κ1) is 9.79. The highest BCUT2D eigenvalue weighted by atomic mass is 79.9. The van der Waals surface area contributed by atoms with Crippen molar-refractivity contribution in [3.8, 4) is 0 Å². The first-order valence-electron chi connectivity index (χ1n) is 4.43. The lowest BCUT2D eigenvalue weighted by atomic mass is 9.96. The topological polar surface area (TPSA) is 0 Å². The second-order valence-corrected chi connectivity index (χ2v) is 4.27. The minimum Gasteiger partial charge on any atom is -0.0613 e. The molecule has 0 saturated heterocycles. The van der Waals surface area contributed by atoms with Crippen LogP contribution in [0.2, 0.25) is 0 Å². The van der Waals surface area contributed by atoms with Gasteiger partial charge in [0.1, 0.15) is 0 Å². The van der Waals surface area contributed by atoms with E-state index in [0.29, 0.717) is 5.92 Å². The number of hydrogen-bond donors (Lipinski definition) is 0. The molecule has 0 atom stereocenters. The number of halogens is 1. The molecule has 1 aromatic carbocycles. The summed E-state index contributed by atoms with van der Waals surface area (Å²) in [6, 6.07) is 6.55. The molecule has 0 spiro atoms. The average Bonchev–Trinajstić information content (AvgIpc) is 2.03. The van der Waals surface area contributed by atoms with Crippen LogP contribution in [-0.2, 0) is 6.42 Å². The minimum atomic E-state index is 0.632. The first-order chi connectivity index (χ1) is 5.65. The van der Waals surface area contributed by atoms with Gasteiger partial charge in [-0.2, -0.15) is 0 Å². The molecule has 0 radical (unpaired) electrons. The fourth-order valence-corrected chi connectivity index (χ4v) is 1.85. The van der Waals surface area contributed by atoms with E-state index in [1.54, 1.807) is 0 Å². The van der Waals surface area contributed by atoms with Gasteiger partial charge in [0, 0.05) is 4.47 Å². The van der Waals surface area contributed by atoms with Crippen LogP contribution in [-0.4, -0.2) is 0 Å². The molecular formula is C11H15Br. The van der Waals surface area contributed by atoms with Crippen LogP contribution in [0.1, 0.15) is 37.8 Å². The minimum absolute atomic E-state index is 0.632. The third kappa shape index (κ3) is 2.10. The lowest BCUT2D eigenvalue weighted by Gasteiger charge is -2.11. The van der Waals surface area contributed by atoms with Gasteiger partial charge in [0.2, 0.25) is 0 Å². The third-order valence-corrected chi connectivity index (χ3v) is 2.60. The molecule has 1 heteroatoms. The van der Waals surface area contributed by atoms with Crippen LogP contribution in [0.4, 0.5) is 0 Å². The van der Waals surface area contributed by atoms with E-state index in [1.807, 2.05) is 0 Å². The van der Waals surface area contributed by atoms with E-state index in [-0.39, 0.29) is 0 Å². The van der Waals surface area contributed by atoms with E-state index in [0.717, 1.165) is 6.42 Å². The Hall–Kier alpha value is -0.300.